The Morgan fingerprint density at radius 1 is 1.08 bits per heavy atom. The van der Waals surface area contributed by atoms with Gasteiger partial charge in [0.25, 0.3) is 0 Å². The summed E-state index contributed by atoms with van der Waals surface area (Å²) in [6.45, 7) is 3.78. The highest BCUT2D eigenvalue weighted by Gasteiger charge is 2.35. The maximum Gasteiger partial charge on any atom is 0.133 e. The van der Waals surface area contributed by atoms with Gasteiger partial charge >= 0.3 is 0 Å². The van der Waals surface area contributed by atoms with Crippen molar-refractivity contribution >= 4 is 5.57 Å². The largest absolute Gasteiger partial charge is 0.378 e. The zero-order chi connectivity index (χ0) is 17.4. The summed E-state index contributed by atoms with van der Waals surface area (Å²) < 4.78 is 33.6. The van der Waals surface area contributed by atoms with Gasteiger partial charge in [0, 0.05) is 24.2 Å². The first-order valence-corrected chi connectivity index (χ1v) is 8.66. The van der Waals surface area contributed by atoms with Crippen LogP contribution in [0.2, 0.25) is 0 Å². The maximum absolute atomic E-state index is 14.3. The van der Waals surface area contributed by atoms with Crippen LogP contribution in [-0.2, 0) is 11.3 Å². The quantitative estimate of drug-likeness (QED) is 0.824. The number of hydrogen-bond acceptors (Lipinski definition) is 2. The van der Waals surface area contributed by atoms with Gasteiger partial charge in [-0.3, -0.25) is 4.90 Å². The molecule has 0 aromatic heterocycles. The minimum Gasteiger partial charge on any atom is -0.378 e. The third kappa shape index (κ3) is 3.24. The molecule has 0 aliphatic carbocycles. The number of nitrogens with zero attached hydrogens (tertiary/aromatic N) is 1. The Bertz CT molecular complexity index is 803. The Hall–Kier alpha value is -2.04. The van der Waals surface area contributed by atoms with E-state index in [-0.39, 0.29) is 12.1 Å². The van der Waals surface area contributed by atoms with Crippen LogP contribution < -0.4 is 0 Å². The first kappa shape index (κ1) is 16.4. The standard InChI is InChI=1S/C21H21F2NO/c1-14-7-19(21(23)10-20(14)22)16-8-17-12-25-13-18(9-16)24(17)11-15-5-3-2-4-6-15/h2-8,10,17-18H,9,11-13H2,1H3. The molecular formula is C21H21F2NO. The van der Waals surface area contributed by atoms with E-state index in [2.05, 4.69) is 23.1 Å². The van der Waals surface area contributed by atoms with Crippen molar-refractivity contribution in [2.75, 3.05) is 13.2 Å². The number of fused-ring (bicyclic) bond motifs is 2. The van der Waals surface area contributed by atoms with E-state index < -0.39 is 11.6 Å². The number of hydrogen-bond donors (Lipinski definition) is 0. The third-order valence-electron chi connectivity index (χ3n) is 5.15. The second kappa shape index (κ2) is 6.70. The molecule has 2 bridgehead atoms. The Labute approximate surface area is 146 Å². The van der Waals surface area contributed by atoms with E-state index in [1.165, 1.54) is 5.56 Å². The molecule has 2 atom stereocenters. The molecular weight excluding hydrogens is 320 g/mol. The van der Waals surface area contributed by atoms with E-state index in [1.807, 2.05) is 18.2 Å². The molecule has 2 aliphatic rings. The van der Waals surface area contributed by atoms with Crippen LogP contribution in [0.4, 0.5) is 8.78 Å². The fraction of sp³-hybridized carbons (Fsp3) is 0.333. The van der Waals surface area contributed by atoms with Gasteiger partial charge in [-0.25, -0.2) is 8.78 Å². The average molecular weight is 341 g/mol. The molecule has 4 heteroatoms. The maximum atomic E-state index is 14.3. The molecule has 0 spiro atoms. The monoisotopic (exact) mass is 341 g/mol. The van der Waals surface area contributed by atoms with Gasteiger partial charge in [-0.15, -0.1) is 0 Å². The first-order chi connectivity index (χ1) is 12.1. The van der Waals surface area contributed by atoms with Gasteiger partial charge < -0.3 is 4.74 Å². The molecule has 2 nitrogen and oxygen atoms in total. The van der Waals surface area contributed by atoms with Gasteiger partial charge in [-0.2, -0.15) is 0 Å². The van der Waals surface area contributed by atoms with Crippen molar-refractivity contribution in [3.63, 3.8) is 0 Å². The molecule has 1 fully saturated rings. The molecule has 2 aromatic carbocycles. The molecule has 2 aliphatic heterocycles. The molecule has 1 saturated heterocycles. The molecule has 130 valence electrons. The lowest BCUT2D eigenvalue weighted by Crippen LogP contribution is -2.53. The summed E-state index contributed by atoms with van der Waals surface area (Å²) in [5.74, 6) is -0.975. The summed E-state index contributed by atoms with van der Waals surface area (Å²) in [6, 6.07) is 13.3. The SMILES string of the molecule is Cc1cc(C2=CC3COCC(C2)N3Cc2ccccc2)c(F)cc1F. The van der Waals surface area contributed by atoms with Crippen LogP contribution in [0.25, 0.3) is 5.57 Å². The molecule has 2 heterocycles. The molecule has 4 rings (SSSR count). The number of halogens is 2. The van der Waals surface area contributed by atoms with Gasteiger partial charge in [0.15, 0.2) is 0 Å². The lowest BCUT2D eigenvalue weighted by Gasteiger charge is -2.45. The van der Waals surface area contributed by atoms with E-state index in [0.717, 1.165) is 18.2 Å². The zero-order valence-corrected chi connectivity index (χ0v) is 14.2. The van der Waals surface area contributed by atoms with E-state index in [0.29, 0.717) is 30.8 Å². The molecule has 0 N–H and O–H groups in total. The molecule has 0 radical (unpaired) electrons. The van der Waals surface area contributed by atoms with E-state index >= 15 is 0 Å². The smallest absolute Gasteiger partial charge is 0.133 e. The number of benzene rings is 2. The van der Waals surface area contributed by atoms with Gasteiger partial charge in [0.1, 0.15) is 11.6 Å². The predicted molar refractivity (Wildman–Crippen MR) is 94.1 cm³/mol. The van der Waals surface area contributed by atoms with Crippen LogP contribution >= 0.6 is 0 Å². The van der Waals surface area contributed by atoms with Gasteiger partial charge in [-0.05, 0) is 36.1 Å². The highest BCUT2D eigenvalue weighted by molar-refractivity contribution is 5.69. The second-order valence-electron chi connectivity index (χ2n) is 6.89. The van der Waals surface area contributed by atoms with E-state index in [9.17, 15) is 8.78 Å². The van der Waals surface area contributed by atoms with Crippen LogP contribution in [0.15, 0.2) is 48.5 Å². The van der Waals surface area contributed by atoms with Crippen LogP contribution in [-0.4, -0.2) is 30.2 Å². The Morgan fingerprint density at radius 2 is 1.88 bits per heavy atom. The van der Waals surface area contributed by atoms with Crippen molar-refractivity contribution in [1.82, 2.24) is 4.90 Å². The summed E-state index contributed by atoms with van der Waals surface area (Å²) >= 11 is 0. The van der Waals surface area contributed by atoms with Crippen LogP contribution in [0.1, 0.15) is 23.1 Å². The number of ether oxygens (including phenoxy) is 1. The highest BCUT2D eigenvalue weighted by atomic mass is 19.1. The van der Waals surface area contributed by atoms with Gasteiger partial charge in [-0.1, -0.05) is 36.4 Å². The van der Waals surface area contributed by atoms with Crippen molar-refractivity contribution in [2.24, 2.45) is 0 Å². The predicted octanol–water partition coefficient (Wildman–Crippen LogP) is 4.33. The number of aryl methyl sites for hydroxylation is 1. The fourth-order valence-corrected chi connectivity index (χ4v) is 3.80. The summed E-state index contributed by atoms with van der Waals surface area (Å²) in [5.41, 5.74) is 3.23. The molecule has 0 saturated carbocycles. The summed E-state index contributed by atoms with van der Waals surface area (Å²) in [6.07, 6.45) is 2.81. The summed E-state index contributed by atoms with van der Waals surface area (Å²) in [7, 11) is 0. The lowest BCUT2D eigenvalue weighted by molar-refractivity contribution is -0.0403. The van der Waals surface area contributed by atoms with Crippen LogP contribution in [0.3, 0.4) is 0 Å². The Morgan fingerprint density at radius 3 is 2.64 bits per heavy atom. The normalized spacial score (nSPS) is 23.4. The Balaban J connectivity index is 1.64. The zero-order valence-electron chi connectivity index (χ0n) is 14.2. The molecule has 2 aromatic rings. The molecule has 0 amide bonds. The van der Waals surface area contributed by atoms with Gasteiger partial charge in [0.05, 0.1) is 19.3 Å². The minimum atomic E-state index is -0.494. The van der Waals surface area contributed by atoms with Crippen molar-refractivity contribution in [2.45, 2.75) is 32.0 Å². The first-order valence-electron chi connectivity index (χ1n) is 8.66. The average Bonchev–Trinajstić information content (AvgIpc) is 2.59. The van der Waals surface area contributed by atoms with Crippen molar-refractivity contribution in [3.05, 3.63) is 76.9 Å². The molecule has 25 heavy (non-hydrogen) atoms. The fourth-order valence-electron chi connectivity index (χ4n) is 3.80. The minimum absolute atomic E-state index is 0.118. The van der Waals surface area contributed by atoms with Crippen molar-refractivity contribution in [3.8, 4) is 0 Å². The van der Waals surface area contributed by atoms with Crippen molar-refractivity contribution < 1.29 is 13.5 Å². The van der Waals surface area contributed by atoms with E-state index in [4.69, 9.17) is 4.74 Å². The molecule has 2 unspecified atom stereocenters. The lowest BCUT2D eigenvalue weighted by atomic mass is 9.88. The van der Waals surface area contributed by atoms with Crippen molar-refractivity contribution in [1.29, 1.82) is 0 Å². The van der Waals surface area contributed by atoms with Gasteiger partial charge in [0.2, 0.25) is 0 Å². The topological polar surface area (TPSA) is 12.5 Å². The Kier molecular flexibility index (Phi) is 4.40. The highest BCUT2D eigenvalue weighted by Crippen LogP contribution is 2.35. The number of morpholine rings is 1. The number of rotatable bonds is 3. The van der Waals surface area contributed by atoms with Crippen LogP contribution in [0.5, 0.6) is 0 Å². The van der Waals surface area contributed by atoms with E-state index in [1.54, 1.807) is 13.0 Å². The third-order valence-corrected chi connectivity index (χ3v) is 5.15. The second-order valence-corrected chi connectivity index (χ2v) is 6.89. The summed E-state index contributed by atoms with van der Waals surface area (Å²) in [5, 5.41) is 0. The summed E-state index contributed by atoms with van der Waals surface area (Å²) in [4.78, 5) is 2.43. The van der Waals surface area contributed by atoms with Crippen LogP contribution in [0, 0.1) is 18.6 Å².